The van der Waals surface area contributed by atoms with Crippen molar-refractivity contribution < 1.29 is 9.53 Å². The molecule has 28 heavy (non-hydrogen) atoms. The van der Waals surface area contributed by atoms with E-state index >= 15 is 0 Å². The first-order valence-corrected chi connectivity index (χ1v) is 10.8. The van der Waals surface area contributed by atoms with Crippen LogP contribution in [0.2, 0.25) is 0 Å². The normalized spacial score (nSPS) is 14.6. The second kappa shape index (κ2) is 8.84. The molecule has 1 aromatic carbocycles. The number of carbonyl (C=O) groups is 1. The van der Waals surface area contributed by atoms with Crippen LogP contribution in [-0.2, 0) is 21.4 Å². The molecule has 2 aromatic rings. The predicted molar refractivity (Wildman–Crippen MR) is 115 cm³/mol. The van der Waals surface area contributed by atoms with Crippen LogP contribution < -0.4 is 0 Å². The number of hydrogen-bond acceptors (Lipinski definition) is 4. The van der Waals surface area contributed by atoms with Gasteiger partial charge in [-0.15, -0.1) is 11.8 Å². The van der Waals surface area contributed by atoms with Gasteiger partial charge < -0.3 is 4.74 Å². The van der Waals surface area contributed by atoms with Crippen LogP contribution in [0.15, 0.2) is 35.4 Å². The van der Waals surface area contributed by atoms with Crippen LogP contribution in [-0.4, -0.2) is 23.3 Å². The molecule has 0 saturated heterocycles. The Balaban J connectivity index is 1.74. The molecular formula is C24H27NO2S. The van der Waals surface area contributed by atoms with E-state index in [0.717, 1.165) is 16.8 Å². The van der Waals surface area contributed by atoms with Gasteiger partial charge in [0.1, 0.15) is 5.69 Å². The van der Waals surface area contributed by atoms with Gasteiger partial charge in [-0.1, -0.05) is 25.8 Å². The Labute approximate surface area is 172 Å². The van der Waals surface area contributed by atoms with E-state index in [9.17, 15) is 4.79 Å². The number of ether oxygens (including phenoxy) is 1. The maximum Gasteiger partial charge on any atom is 0.306 e. The maximum atomic E-state index is 11.5. The molecule has 0 saturated carbocycles. The van der Waals surface area contributed by atoms with Crippen molar-refractivity contribution in [2.24, 2.45) is 0 Å². The molecule has 0 bridgehead atoms. The van der Waals surface area contributed by atoms with E-state index in [0.29, 0.717) is 19.4 Å². The smallest absolute Gasteiger partial charge is 0.306 e. The third-order valence-electron chi connectivity index (χ3n) is 5.11. The van der Waals surface area contributed by atoms with Crippen molar-refractivity contribution in [3.8, 4) is 11.8 Å². The Morgan fingerprint density at radius 1 is 1.29 bits per heavy atom. The Bertz CT molecular complexity index is 920. The molecule has 3 nitrogen and oxygen atoms in total. The number of fused-ring (bicyclic) bond motifs is 1. The largest absolute Gasteiger partial charge is 0.466 e. The Morgan fingerprint density at radius 3 is 2.82 bits per heavy atom. The average molecular weight is 394 g/mol. The highest BCUT2D eigenvalue weighted by atomic mass is 32.2. The molecule has 0 aliphatic carbocycles. The maximum absolute atomic E-state index is 11.5. The fourth-order valence-electron chi connectivity index (χ4n) is 3.27. The first kappa shape index (κ1) is 20.5. The van der Waals surface area contributed by atoms with Gasteiger partial charge in [0.2, 0.25) is 0 Å². The molecule has 0 fully saturated rings. The van der Waals surface area contributed by atoms with E-state index in [1.54, 1.807) is 6.20 Å². The minimum Gasteiger partial charge on any atom is -0.466 e. The predicted octanol–water partition coefficient (Wildman–Crippen LogP) is 5.06. The van der Waals surface area contributed by atoms with Crippen molar-refractivity contribution in [2.45, 2.75) is 57.3 Å². The number of thioether (sulfide) groups is 1. The quantitative estimate of drug-likeness (QED) is 0.538. The number of benzene rings is 1. The Kier molecular flexibility index (Phi) is 6.46. The lowest BCUT2D eigenvalue weighted by Gasteiger charge is -2.32. The number of esters is 1. The van der Waals surface area contributed by atoms with Crippen molar-refractivity contribution in [1.82, 2.24) is 4.98 Å². The van der Waals surface area contributed by atoms with Crippen molar-refractivity contribution in [1.29, 1.82) is 0 Å². The van der Waals surface area contributed by atoms with Gasteiger partial charge in [0.15, 0.2) is 0 Å². The first-order valence-electron chi connectivity index (χ1n) is 9.79. The monoisotopic (exact) mass is 393 g/mol. The van der Waals surface area contributed by atoms with Gasteiger partial charge in [-0.2, -0.15) is 0 Å². The first-order chi connectivity index (χ1) is 13.4. The summed E-state index contributed by atoms with van der Waals surface area (Å²) >= 11 is 1.95. The van der Waals surface area contributed by atoms with Crippen LogP contribution in [0.4, 0.5) is 0 Å². The topological polar surface area (TPSA) is 39.2 Å². The molecule has 2 heterocycles. The summed E-state index contributed by atoms with van der Waals surface area (Å²) in [5.74, 6) is 7.50. The van der Waals surface area contributed by atoms with Gasteiger partial charge in [-0.3, -0.25) is 4.79 Å². The fraction of sp³-hybridized carbons (Fsp3) is 0.417. The van der Waals surface area contributed by atoms with E-state index in [4.69, 9.17) is 4.74 Å². The van der Waals surface area contributed by atoms with Crippen molar-refractivity contribution in [2.75, 3.05) is 12.4 Å². The molecule has 1 aromatic heterocycles. The molecule has 0 radical (unpaired) electrons. The highest BCUT2D eigenvalue weighted by Crippen LogP contribution is 2.42. The number of aryl methyl sites for hydroxylation is 2. The van der Waals surface area contributed by atoms with Gasteiger partial charge in [-0.25, -0.2) is 4.98 Å². The van der Waals surface area contributed by atoms with Gasteiger partial charge in [0.05, 0.1) is 6.61 Å². The van der Waals surface area contributed by atoms with Crippen LogP contribution in [0, 0.1) is 18.8 Å². The van der Waals surface area contributed by atoms with Gasteiger partial charge >= 0.3 is 5.97 Å². The van der Waals surface area contributed by atoms with Crippen LogP contribution in [0.3, 0.4) is 0 Å². The fourth-order valence-corrected chi connectivity index (χ4v) is 4.86. The van der Waals surface area contributed by atoms with Gasteiger partial charge in [0.25, 0.3) is 0 Å². The molecule has 0 amide bonds. The van der Waals surface area contributed by atoms with E-state index in [-0.39, 0.29) is 11.4 Å². The lowest BCUT2D eigenvalue weighted by atomic mass is 9.80. The van der Waals surface area contributed by atoms with E-state index in [1.165, 1.54) is 28.2 Å². The van der Waals surface area contributed by atoms with Crippen LogP contribution >= 0.6 is 11.8 Å². The number of carbonyl (C=O) groups excluding carboxylic acids is 1. The standard InChI is InChI=1S/C24H27NO2S/c1-5-27-23(26)11-7-18-6-9-20(25-16-18)10-8-19-15-21-22(14-17(19)2)28-13-12-24(21,3)4/h6,9,14-16H,5,7,11-13H2,1-4H3. The highest BCUT2D eigenvalue weighted by Gasteiger charge is 2.28. The number of pyridine rings is 1. The van der Waals surface area contributed by atoms with Crippen LogP contribution in [0.1, 0.15) is 61.6 Å². The minimum absolute atomic E-state index is 0.171. The van der Waals surface area contributed by atoms with E-state index in [1.807, 2.05) is 30.8 Å². The number of hydrogen-bond donors (Lipinski definition) is 0. The summed E-state index contributed by atoms with van der Waals surface area (Å²) in [5, 5.41) is 0. The van der Waals surface area contributed by atoms with Gasteiger partial charge in [-0.05, 0) is 78.7 Å². The van der Waals surface area contributed by atoms with Crippen LogP contribution in [0.5, 0.6) is 0 Å². The summed E-state index contributed by atoms with van der Waals surface area (Å²) in [5.41, 5.74) is 5.64. The zero-order chi connectivity index (χ0) is 20.1. The highest BCUT2D eigenvalue weighted by molar-refractivity contribution is 7.99. The molecule has 146 valence electrons. The molecule has 0 unspecified atom stereocenters. The summed E-state index contributed by atoms with van der Waals surface area (Å²) < 4.78 is 4.96. The molecule has 0 N–H and O–H groups in total. The molecule has 0 atom stereocenters. The molecule has 1 aliphatic rings. The summed E-state index contributed by atoms with van der Waals surface area (Å²) in [6.07, 6.45) is 4.00. The minimum atomic E-state index is -0.171. The molecule has 3 rings (SSSR count). The second-order valence-corrected chi connectivity index (χ2v) is 8.89. The van der Waals surface area contributed by atoms with E-state index in [2.05, 4.69) is 49.7 Å². The number of nitrogens with zero attached hydrogens (tertiary/aromatic N) is 1. The summed E-state index contributed by atoms with van der Waals surface area (Å²) in [6.45, 7) is 8.99. The molecule has 4 heteroatoms. The summed E-state index contributed by atoms with van der Waals surface area (Å²) in [4.78, 5) is 17.3. The Morgan fingerprint density at radius 2 is 2.11 bits per heavy atom. The van der Waals surface area contributed by atoms with Crippen molar-refractivity contribution in [3.63, 3.8) is 0 Å². The number of rotatable bonds is 4. The Hall–Kier alpha value is -2.25. The SMILES string of the molecule is CCOC(=O)CCc1ccc(C#Cc2cc3c(cc2C)SCCC3(C)C)nc1. The lowest BCUT2D eigenvalue weighted by Crippen LogP contribution is -2.23. The zero-order valence-electron chi connectivity index (χ0n) is 17.1. The van der Waals surface area contributed by atoms with Gasteiger partial charge in [0, 0.05) is 23.1 Å². The van der Waals surface area contributed by atoms with Crippen molar-refractivity contribution >= 4 is 17.7 Å². The summed E-state index contributed by atoms with van der Waals surface area (Å²) in [7, 11) is 0. The third-order valence-corrected chi connectivity index (χ3v) is 6.17. The lowest BCUT2D eigenvalue weighted by molar-refractivity contribution is -0.143. The number of aromatic nitrogens is 1. The van der Waals surface area contributed by atoms with E-state index < -0.39 is 0 Å². The van der Waals surface area contributed by atoms with Crippen molar-refractivity contribution in [3.05, 3.63) is 58.4 Å². The molecule has 1 aliphatic heterocycles. The summed E-state index contributed by atoms with van der Waals surface area (Å²) in [6, 6.07) is 8.44. The van der Waals surface area contributed by atoms with Crippen LogP contribution in [0.25, 0.3) is 0 Å². The molecule has 0 spiro atoms. The molecular weight excluding hydrogens is 366 g/mol. The zero-order valence-corrected chi connectivity index (χ0v) is 17.9. The third kappa shape index (κ3) is 4.97. The second-order valence-electron chi connectivity index (χ2n) is 7.75. The average Bonchev–Trinajstić information content (AvgIpc) is 2.66.